The number of fused-ring (bicyclic) bond motifs is 2. The third-order valence-corrected chi connectivity index (χ3v) is 4.86. The smallest absolute Gasteiger partial charge is 0.341 e. The maximum atomic E-state index is 7.67. The van der Waals surface area contributed by atoms with Crippen LogP contribution < -0.4 is 0 Å². The van der Waals surface area contributed by atoms with Crippen molar-refractivity contribution in [2.45, 2.75) is 63.9 Å². The molecule has 7 nitrogen and oxygen atoms in total. The summed E-state index contributed by atoms with van der Waals surface area (Å²) in [6.45, 7) is 15.3. The van der Waals surface area contributed by atoms with Crippen molar-refractivity contribution in [1.29, 1.82) is 0 Å². The molecule has 2 fully saturated rings. The van der Waals surface area contributed by atoms with Crippen molar-refractivity contribution in [3.63, 3.8) is 0 Å². The van der Waals surface area contributed by atoms with Gasteiger partial charge in [-0.25, -0.2) is 16.1 Å². The molecule has 0 saturated carbocycles. The van der Waals surface area contributed by atoms with Gasteiger partial charge in [0.2, 0.25) is 0 Å². The SMILES string of the molecule is [C-]#[N+][C@]1(CC)O[C@@H](c2ccc3c(C)ncnn23)[C@@H]2OC(C)(C)O[C@@H]21. The van der Waals surface area contributed by atoms with Crippen LogP contribution in [-0.4, -0.2) is 38.3 Å². The summed E-state index contributed by atoms with van der Waals surface area (Å²) in [7, 11) is 0. The highest BCUT2D eigenvalue weighted by atomic mass is 16.8. The van der Waals surface area contributed by atoms with Crippen LogP contribution in [0.5, 0.6) is 0 Å². The Kier molecular flexibility index (Phi) is 3.23. The zero-order valence-electron chi connectivity index (χ0n) is 14.2. The summed E-state index contributed by atoms with van der Waals surface area (Å²) < 4.78 is 20.2. The van der Waals surface area contributed by atoms with Crippen molar-refractivity contribution in [1.82, 2.24) is 14.6 Å². The van der Waals surface area contributed by atoms with Crippen molar-refractivity contribution in [2.75, 3.05) is 0 Å². The highest BCUT2D eigenvalue weighted by molar-refractivity contribution is 5.52. The van der Waals surface area contributed by atoms with Crippen LogP contribution in [-0.2, 0) is 14.2 Å². The van der Waals surface area contributed by atoms with Gasteiger partial charge in [-0.2, -0.15) is 5.10 Å². The van der Waals surface area contributed by atoms with Gasteiger partial charge < -0.3 is 9.47 Å². The zero-order valence-corrected chi connectivity index (χ0v) is 14.2. The van der Waals surface area contributed by atoms with E-state index in [-0.39, 0.29) is 6.10 Å². The summed E-state index contributed by atoms with van der Waals surface area (Å²) in [4.78, 5) is 8.00. The third-order valence-electron chi connectivity index (χ3n) is 4.86. The number of aryl methyl sites for hydroxylation is 1. The van der Waals surface area contributed by atoms with Crippen molar-refractivity contribution in [3.05, 3.63) is 41.3 Å². The molecule has 0 unspecified atom stereocenters. The quantitative estimate of drug-likeness (QED) is 0.793. The summed E-state index contributed by atoms with van der Waals surface area (Å²) in [6, 6.07) is 3.93. The first kappa shape index (κ1) is 15.5. The fourth-order valence-corrected chi connectivity index (χ4v) is 3.69. The van der Waals surface area contributed by atoms with E-state index in [9.17, 15) is 0 Å². The Morgan fingerprint density at radius 3 is 2.79 bits per heavy atom. The molecule has 2 aromatic heterocycles. The highest BCUT2D eigenvalue weighted by Gasteiger charge is 2.67. The molecule has 0 bridgehead atoms. The number of aromatic nitrogens is 3. The van der Waals surface area contributed by atoms with Crippen LogP contribution in [0.1, 0.15) is 44.7 Å². The Morgan fingerprint density at radius 1 is 1.29 bits per heavy atom. The van der Waals surface area contributed by atoms with E-state index < -0.39 is 23.7 Å². The fraction of sp³-hybridized carbons (Fsp3) is 0.588. The maximum absolute atomic E-state index is 7.67. The molecular weight excluding hydrogens is 308 g/mol. The molecule has 0 aliphatic carbocycles. The van der Waals surface area contributed by atoms with E-state index in [1.54, 1.807) is 0 Å². The summed E-state index contributed by atoms with van der Waals surface area (Å²) in [5.74, 6) is -0.736. The van der Waals surface area contributed by atoms with Gasteiger partial charge in [0.05, 0.1) is 23.3 Å². The molecule has 2 aromatic rings. The van der Waals surface area contributed by atoms with Gasteiger partial charge in [0, 0.05) is 0 Å². The highest BCUT2D eigenvalue weighted by Crippen LogP contribution is 2.51. The van der Waals surface area contributed by atoms with Gasteiger partial charge in [0.15, 0.2) is 11.9 Å². The minimum absolute atomic E-state index is 0.345. The molecule has 4 heterocycles. The van der Waals surface area contributed by atoms with E-state index in [4.69, 9.17) is 20.8 Å². The standard InChI is InChI=1S/C17H20N4O3/c1-6-17(18-5)15-14(22-16(3,4)24-15)13(23-17)12-8-7-11-10(2)19-9-20-21(11)12/h7-9,13-15H,6H2,1-4H3/t13-,14-,15-,17+/m0/s1. The Bertz CT molecular complexity index is 840. The van der Waals surface area contributed by atoms with Crippen LogP contribution in [0.15, 0.2) is 18.5 Å². The molecule has 24 heavy (non-hydrogen) atoms. The number of nitrogens with zero attached hydrogens (tertiary/aromatic N) is 4. The first-order chi connectivity index (χ1) is 11.4. The molecule has 0 spiro atoms. The molecule has 0 aromatic carbocycles. The van der Waals surface area contributed by atoms with E-state index >= 15 is 0 Å². The molecule has 7 heteroatoms. The number of hydrogen-bond donors (Lipinski definition) is 0. The summed E-state index contributed by atoms with van der Waals surface area (Å²) in [5.41, 5.74) is 1.63. The Hall–Kier alpha value is -2.01. The van der Waals surface area contributed by atoms with Gasteiger partial charge in [-0.05, 0) is 32.9 Å². The van der Waals surface area contributed by atoms with Crippen LogP contribution in [0.2, 0.25) is 0 Å². The molecule has 2 aliphatic heterocycles. The van der Waals surface area contributed by atoms with Gasteiger partial charge in [-0.1, -0.05) is 6.92 Å². The van der Waals surface area contributed by atoms with Crippen molar-refractivity contribution in [3.8, 4) is 0 Å². The molecule has 4 rings (SSSR count). The second-order valence-electron chi connectivity index (χ2n) is 6.77. The van der Waals surface area contributed by atoms with E-state index in [1.165, 1.54) is 6.33 Å². The van der Waals surface area contributed by atoms with Crippen LogP contribution >= 0.6 is 0 Å². The Balaban J connectivity index is 1.83. The number of hydrogen-bond acceptors (Lipinski definition) is 5. The average molecular weight is 328 g/mol. The second-order valence-corrected chi connectivity index (χ2v) is 6.77. The predicted octanol–water partition coefficient (Wildman–Crippen LogP) is 2.65. The first-order valence-electron chi connectivity index (χ1n) is 8.12. The monoisotopic (exact) mass is 328 g/mol. The topological polar surface area (TPSA) is 62.2 Å². The Labute approximate surface area is 140 Å². The third kappa shape index (κ3) is 2.00. The molecule has 126 valence electrons. The number of rotatable bonds is 2. The van der Waals surface area contributed by atoms with E-state index in [0.717, 1.165) is 16.9 Å². The average Bonchev–Trinajstić information content (AvgIpc) is 3.18. The Morgan fingerprint density at radius 2 is 2.08 bits per heavy atom. The van der Waals surface area contributed by atoms with Crippen LogP contribution in [0.4, 0.5) is 0 Å². The lowest BCUT2D eigenvalue weighted by atomic mass is 10.00. The minimum atomic E-state index is -1.03. The van der Waals surface area contributed by atoms with Gasteiger partial charge in [0.1, 0.15) is 18.5 Å². The lowest BCUT2D eigenvalue weighted by molar-refractivity contribution is -0.202. The molecule has 4 atom stereocenters. The fourth-order valence-electron chi connectivity index (χ4n) is 3.69. The molecule has 2 aliphatic rings. The van der Waals surface area contributed by atoms with Gasteiger partial charge in [-0.15, -0.1) is 0 Å². The first-order valence-corrected chi connectivity index (χ1v) is 8.12. The number of ether oxygens (including phenoxy) is 3. The van der Waals surface area contributed by atoms with Crippen molar-refractivity contribution < 1.29 is 14.2 Å². The lowest BCUT2D eigenvalue weighted by Gasteiger charge is -2.25. The summed E-state index contributed by atoms with van der Waals surface area (Å²) in [6.07, 6.45) is 0.875. The summed E-state index contributed by atoms with van der Waals surface area (Å²) >= 11 is 0. The molecule has 0 radical (unpaired) electrons. The maximum Gasteiger partial charge on any atom is 0.366 e. The van der Waals surface area contributed by atoms with Gasteiger partial charge >= 0.3 is 5.72 Å². The van der Waals surface area contributed by atoms with Gasteiger partial charge in [0.25, 0.3) is 0 Å². The van der Waals surface area contributed by atoms with Crippen molar-refractivity contribution in [2.24, 2.45) is 0 Å². The van der Waals surface area contributed by atoms with Crippen LogP contribution in [0.25, 0.3) is 10.4 Å². The van der Waals surface area contributed by atoms with Gasteiger partial charge in [-0.3, -0.25) is 9.58 Å². The van der Waals surface area contributed by atoms with E-state index in [2.05, 4.69) is 14.9 Å². The van der Waals surface area contributed by atoms with Crippen LogP contribution in [0, 0.1) is 13.5 Å². The zero-order chi connectivity index (χ0) is 17.1. The largest absolute Gasteiger partial charge is 0.366 e. The predicted molar refractivity (Wildman–Crippen MR) is 85.0 cm³/mol. The summed E-state index contributed by atoms with van der Waals surface area (Å²) in [5, 5.41) is 4.35. The lowest BCUT2D eigenvalue weighted by Crippen LogP contribution is -2.39. The molecule has 0 N–H and O–H groups in total. The van der Waals surface area contributed by atoms with E-state index in [1.807, 2.05) is 44.3 Å². The van der Waals surface area contributed by atoms with Crippen LogP contribution in [0.3, 0.4) is 0 Å². The van der Waals surface area contributed by atoms with E-state index in [0.29, 0.717) is 6.42 Å². The second kappa shape index (κ2) is 4.99. The molecule has 2 saturated heterocycles. The minimum Gasteiger partial charge on any atom is -0.341 e. The molecule has 0 amide bonds. The van der Waals surface area contributed by atoms with Crippen molar-refractivity contribution >= 4 is 5.52 Å². The molecular formula is C17H20N4O3. The normalized spacial score (nSPS) is 34.4.